The van der Waals surface area contributed by atoms with E-state index in [1.807, 2.05) is 0 Å². The molecule has 2 nitrogen and oxygen atoms in total. The lowest BCUT2D eigenvalue weighted by atomic mass is 9.57. The second-order valence-electron chi connectivity index (χ2n) is 7.81. The second kappa shape index (κ2) is 4.41. The van der Waals surface area contributed by atoms with Crippen molar-refractivity contribution in [3.05, 3.63) is 22.8 Å². The molecule has 4 atom stereocenters. The van der Waals surface area contributed by atoms with Gasteiger partial charge in [-0.2, -0.15) is 0 Å². The summed E-state index contributed by atoms with van der Waals surface area (Å²) >= 11 is 0. The first-order valence-corrected chi connectivity index (χ1v) is 8.48. The lowest BCUT2D eigenvalue weighted by Crippen LogP contribution is -2.40. The molecule has 0 radical (unpaired) electrons. The van der Waals surface area contributed by atoms with E-state index < -0.39 is 0 Å². The van der Waals surface area contributed by atoms with Crippen molar-refractivity contribution in [2.75, 3.05) is 0 Å². The number of fused-ring (bicyclic) bond motifs is 4. The minimum atomic E-state index is -0.101. The number of carbonyl (C=O) groups is 2. The molecule has 0 saturated heterocycles. The number of allylic oxidation sites excluding steroid dienone is 4. The molecule has 1 saturated carbocycles. The van der Waals surface area contributed by atoms with E-state index in [-0.39, 0.29) is 5.41 Å². The van der Waals surface area contributed by atoms with Crippen LogP contribution in [0.5, 0.6) is 0 Å². The van der Waals surface area contributed by atoms with Gasteiger partial charge >= 0.3 is 0 Å². The highest BCUT2D eigenvalue weighted by molar-refractivity contribution is 5.88. The zero-order valence-electron chi connectivity index (χ0n) is 13.1. The minimum absolute atomic E-state index is 0.101. The Morgan fingerprint density at radius 3 is 2.81 bits per heavy atom. The third-order valence-electron chi connectivity index (χ3n) is 6.75. The monoisotopic (exact) mass is 284 g/mol. The van der Waals surface area contributed by atoms with Crippen LogP contribution in [0.15, 0.2) is 22.8 Å². The normalized spacial score (nSPS) is 42.4. The highest BCUT2D eigenvalue weighted by Crippen LogP contribution is 2.58. The van der Waals surface area contributed by atoms with Crippen molar-refractivity contribution < 1.29 is 9.59 Å². The van der Waals surface area contributed by atoms with E-state index >= 15 is 0 Å². The maximum absolute atomic E-state index is 12.3. The molecule has 4 aliphatic rings. The van der Waals surface area contributed by atoms with E-state index in [0.29, 0.717) is 35.7 Å². The number of hydrogen-bond acceptors (Lipinski definition) is 2. The van der Waals surface area contributed by atoms with Gasteiger partial charge in [0.25, 0.3) is 0 Å². The summed E-state index contributed by atoms with van der Waals surface area (Å²) in [5.41, 5.74) is 4.34. The Morgan fingerprint density at radius 2 is 2.00 bits per heavy atom. The summed E-state index contributed by atoms with van der Waals surface area (Å²) in [5.74, 6) is 2.52. The average Bonchev–Trinajstić information content (AvgIpc) is 2.76. The first-order valence-electron chi connectivity index (χ1n) is 8.48. The molecule has 4 aliphatic carbocycles. The van der Waals surface area contributed by atoms with Crippen LogP contribution in [0.3, 0.4) is 0 Å². The van der Waals surface area contributed by atoms with Gasteiger partial charge in [-0.1, -0.05) is 25.5 Å². The summed E-state index contributed by atoms with van der Waals surface area (Å²) in [5, 5.41) is 0. The Balaban J connectivity index is 1.78. The molecule has 0 heterocycles. The van der Waals surface area contributed by atoms with Crippen molar-refractivity contribution in [2.24, 2.45) is 23.2 Å². The Labute approximate surface area is 126 Å². The van der Waals surface area contributed by atoms with Crippen LogP contribution in [0, 0.1) is 23.2 Å². The Bertz CT molecular complexity index is 595. The molecule has 0 N–H and O–H groups in total. The van der Waals surface area contributed by atoms with E-state index in [4.69, 9.17) is 0 Å². The van der Waals surface area contributed by atoms with Crippen LogP contribution in [-0.4, -0.2) is 11.6 Å². The summed E-state index contributed by atoms with van der Waals surface area (Å²) in [6.07, 6.45) is 8.62. The highest BCUT2D eigenvalue weighted by Gasteiger charge is 2.53. The summed E-state index contributed by atoms with van der Waals surface area (Å²) in [6, 6.07) is 0. The van der Waals surface area contributed by atoms with Crippen molar-refractivity contribution in [2.45, 2.75) is 58.8 Å². The molecule has 0 unspecified atom stereocenters. The van der Waals surface area contributed by atoms with Crippen LogP contribution < -0.4 is 0 Å². The number of carbonyl (C=O) groups excluding carboxylic acids is 2. The lowest BCUT2D eigenvalue weighted by molar-refractivity contribution is -0.127. The van der Waals surface area contributed by atoms with Gasteiger partial charge in [-0.3, -0.25) is 9.59 Å². The fourth-order valence-corrected chi connectivity index (χ4v) is 5.49. The molecule has 0 spiro atoms. The predicted octanol–water partition coefficient (Wildman–Crippen LogP) is 4.01. The number of ketones is 2. The smallest absolute Gasteiger partial charge is 0.139 e. The van der Waals surface area contributed by atoms with Crippen molar-refractivity contribution in [1.29, 1.82) is 0 Å². The predicted molar refractivity (Wildman–Crippen MR) is 81.7 cm³/mol. The van der Waals surface area contributed by atoms with Crippen LogP contribution in [0.4, 0.5) is 0 Å². The molecular weight excluding hydrogens is 260 g/mol. The summed E-state index contributed by atoms with van der Waals surface area (Å²) in [6.45, 7) is 4.48. The molecule has 1 fully saturated rings. The summed E-state index contributed by atoms with van der Waals surface area (Å²) < 4.78 is 0. The molecule has 0 aromatic carbocycles. The quantitative estimate of drug-likeness (QED) is 0.673. The molecule has 2 heteroatoms. The molecule has 0 aromatic rings. The zero-order valence-corrected chi connectivity index (χ0v) is 13.1. The van der Waals surface area contributed by atoms with Crippen LogP contribution in [0.25, 0.3) is 0 Å². The molecule has 4 rings (SSSR count). The fourth-order valence-electron chi connectivity index (χ4n) is 5.49. The van der Waals surface area contributed by atoms with E-state index in [1.165, 1.54) is 16.7 Å². The third kappa shape index (κ3) is 1.77. The van der Waals surface area contributed by atoms with Gasteiger partial charge < -0.3 is 0 Å². The van der Waals surface area contributed by atoms with Crippen molar-refractivity contribution in [1.82, 2.24) is 0 Å². The second-order valence-corrected chi connectivity index (χ2v) is 7.81. The Kier molecular flexibility index (Phi) is 2.83. The van der Waals surface area contributed by atoms with E-state index in [2.05, 4.69) is 19.9 Å². The molecule has 0 amide bonds. The van der Waals surface area contributed by atoms with Gasteiger partial charge in [-0.25, -0.2) is 0 Å². The SMILES string of the molecule is C[C@@H]1C[C@@H]2C(=CC[C@]3(C)C(=O)CC[C@@H]23)C2=C1CC(=O)CC2. The number of hydrogen-bond donors (Lipinski definition) is 0. The standard InChI is InChI=1S/C19H24O2/c1-11-9-16-14(13-4-3-12(20)10-15(11)13)7-8-19(2)17(16)5-6-18(19)21/h7,11,16-17H,3-6,8-10H2,1-2H3/t11-,16-,17+,19+/m1/s1. The number of rotatable bonds is 0. The summed E-state index contributed by atoms with van der Waals surface area (Å²) in [7, 11) is 0. The Hall–Kier alpha value is -1.18. The Morgan fingerprint density at radius 1 is 1.19 bits per heavy atom. The lowest BCUT2D eigenvalue weighted by Gasteiger charge is -2.46. The van der Waals surface area contributed by atoms with Gasteiger partial charge in [-0.15, -0.1) is 0 Å². The summed E-state index contributed by atoms with van der Waals surface area (Å²) in [4.78, 5) is 24.1. The average molecular weight is 284 g/mol. The van der Waals surface area contributed by atoms with Crippen molar-refractivity contribution in [3.8, 4) is 0 Å². The minimum Gasteiger partial charge on any atom is -0.299 e. The first-order chi connectivity index (χ1) is 10.0. The van der Waals surface area contributed by atoms with Crippen LogP contribution in [-0.2, 0) is 9.59 Å². The van der Waals surface area contributed by atoms with Crippen molar-refractivity contribution >= 4 is 11.6 Å². The third-order valence-corrected chi connectivity index (χ3v) is 6.75. The van der Waals surface area contributed by atoms with E-state index in [1.54, 1.807) is 0 Å². The number of Topliss-reactive ketones (excluding diaryl/α,β-unsaturated/α-hetero) is 2. The van der Waals surface area contributed by atoms with Gasteiger partial charge in [0.2, 0.25) is 0 Å². The molecule has 0 aliphatic heterocycles. The zero-order chi connectivity index (χ0) is 14.8. The molecular formula is C19H24O2. The topological polar surface area (TPSA) is 34.1 Å². The fraction of sp³-hybridized carbons (Fsp3) is 0.684. The van der Waals surface area contributed by atoms with Crippen molar-refractivity contribution in [3.63, 3.8) is 0 Å². The molecule has 21 heavy (non-hydrogen) atoms. The largest absolute Gasteiger partial charge is 0.299 e. The van der Waals surface area contributed by atoms with Crippen LogP contribution >= 0.6 is 0 Å². The van der Waals surface area contributed by atoms with Gasteiger partial charge in [0.15, 0.2) is 0 Å². The maximum atomic E-state index is 12.3. The molecule has 112 valence electrons. The van der Waals surface area contributed by atoms with E-state index in [0.717, 1.165) is 38.5 Å². The maximum Gasteiger partial charge on any atom is 0.139 e. The van der Waals surface area contributed by atoms with Crippen LogP contribution in [0.1, 0.15) is 58.8 Å². The van der Waals surface area contributed by atoms with Gasteiger partial charge in [0.1, 0.15) is 11.6 Å². The van der Waals surface area contributed by atoms with Gasteiger partial charge in [0.05, 0.1) is 0 Å². The van der Waals surface area contributed by atoms with Gasteiger partial charge in [-0.05, 0) is 54.6 Å². The van der Waals surface area contributed by atoms with E-state index in [9.17, 15) is 9.59 Å². The molecule has 0 bridgehead atoms. The van der Waals surface area contributed by atoms with Gasteiger partial charge in [0, 0.05) is 24.7 Å². The molecule has 0 aromatic heterocycles. The van der Waals surface area contributed by atoms with Crippen LogP contribution in [0.2, 0.25) is 0 Å². The first kappa shape index (κ1) is 13.5. The highest BCUT2D eigenvalue weighted by atomic mass is 16.1.